The van der Waals surface area contributed by atoms with Gasteiger partial charge in [-0.3, -0.25) is 28.9 Å². The summed E-state index contributed by atoms with van der Waals surface area (Å²) in [6.07, 6.45) is 0.657. The van der Waals surface area contributed by atoms with E-state index in [1.807, 2.05) is 35.2 Å². The number of hydrogen-bond donors (Lipinski definition) is 5. The van der Waals surface area contributed by atoms with Crippen molar-refractivity contribution in [2.45, 2.75) is 56.8 Å². The van der Waals surface area contributed by atoms with E-state index in [9.17, 15) is 24.0 Å². The average Bonchev–Trinajstić information content (AvgIpc) is 3.00. The lowest BCUT2D eigenvalue weighted by molar-refractivity contribution is -0.144. The first-order valence-corrected chi connectivity index (χ1v) is 14.7. The molecule has 1 spiro atoms. The number of nitrogens with one attached hydrogen (secondary N) is 4. The van der Waals surface area contributed by atoms with Gasteiger partial charge in [-0.05, 0) is 43.7 Å². The van der Waals surface area contributed by atoms with Crippen LogP contribution in [0.25, 0.3) is 0 Å². The van der Waals surface area contributed by atoms with Gasteiger partial charge in [-0.25, -0.2) is 0 Å². The van der Waals surface area contributed by atoms with Crippen molar-refractivity contribution in [1.82, 2.24) is 26.2 Å². The lowest BCUT2D eigenvalue weighted by Crippen LogP contribution is -2.61. The first-order chi connectivity index (χ1) is 21.0. The summed E-state index contributed by atoms with van der Waals surface area (Å²) >= 11 is 0. The Morgan fingerprint density at radius 3 is 2.16 bits per heavy atom. The lowest BCUT2D eigenvalue weighted by atomic mass is 9.89. The summed E-state index contributed by atoms with van der Waals surface area (Å²) in [7, 11) is 0. The van der Waals surface area contributed by atoms with Gasteiger partial charge in [0.2, 0.25) is 23.6 Å². The molecular formula is C31H40N6O7. The molecule has 1 fully saturated rings. The quantitative estimate of drug-likeness (QED) is 0.292. The first kappa shape index (κ1) is 32.3. The number of ether oxygens (including phenoxy) is 2. The van der Waals surface area contributed by atoms with Crippen molar-refractivity contribution in [1.29, 1.82) is 0 Å². The molecule has 236 valence electrons. The first-order valence-electron chi connectivity index (χ1n) is 14.7. The molecule has 0 radical (unpaired) electrons. The fraction of sp³-hybridized carbons (Fsp3) is 0.452. The number of carbonyl (C=O) groups is 5. The Morgan fingerprint density at radius 1 is 0.864 bits per heavy atom. The van der Waals surface area contributed by atoms with Gasteiger partial charge in [0.05, 0.1) is 13.1 Å². The summed E-state index contributed by atoms with van der Waals surface area (Å²) in [4.78, 5) is 66.4. The highest BCUT2D eigenvalue weighted by atomic mass is 16.5. The number of rotatable bonds is 4. The number of carbonyl (C=O) groups excluding carboxylic acids is 5. The van der Waals surface area contributed by atoms with Crippen LogP contribution in [-0.4, -0.2) is 90.9 Å². The van der Waals surface area contributed by atoms with Crippen LogP contribution >= 0.6 is 0 Å². The topological polar surface area (TPSA) is 181 Å². The molecule has 13 nitrogen and oxygen atoms in total. The number of primary amides is 1. The summed E-state index contributed by atoms with van der Waals surface area (Å²) < 4.78 is 12.0. The van der Waals surface area contributed by atoms with Crippen molar-refractivity contribution < 1.29 is 33.4 Å². The van der Waals surface area contributed by atoms with Crippen LogP contribution in [0.2, 0.25) is 0 Å². The van der Waals surface area contributed by atoms with Gasteiger partial charge < -0.3 is 36.5 Å². The largest absolute Gasteiger partial charge is 0.492 e. The number of amides is 5. The summed E-state index contributed by atoms with van der Waals surface area (Å²) in [6, 6.07) is 13.0. The van der Waals surface area contributed by atoms with E-state index in [-0.39, 0.29) is 39.0 Å². The molecule has 2 aromatic carbocycles. The fourth-order valence-corrected chi connectivity index (χ4v) is 5.12. The molecule has 6 N–H and O–H groups in total. The van der Waals surface area contributed by atoms with E-state index in [1.165, 1.54) is 6.92 Å². The molecule has 0 unspecified atom stereocenters. The van der Waals surface area contributed by atoms with E-state index in [1.54, 1.807) is 31.2 Å². The Kier molecular flexibility index (Phi) is 10.8. The van der Waals surface area contributed by atoms with Gasteiger partial charge in [0.1, 0.15) is 36.2 Å². The highest BCUT2D eigenvalue weighted by Crippen LogP contribution is 2.30. The molecule has 3 aliphatic heterocycles. The molecule has 5 rings (SSSR count). The summed E-state index contributed by atoms with van der Waals surface area (Å²) in [5.41, 5.74) is 4.85. The second-order valence-corrected chi connectivity index (χ2v) is 11.1. The maximum absolute atomic E-state index is 13.8. The van der Waals surface area contributed by atoms with Crippen LogP contribution in [0.4, 0.5) is 0 Å². The van der Waals surface area contributed by atoms with Crippen LogP contribution in [0.15, 0.2) is 54.6 Å². The normalized spacial score (nSPS) is 23.7. The zero-order valence-electron chi connectivity index (χ0n) is 25.0. The van der Waals surface area contributed by atoms with Crippen LogP contribution in [0.3, 0.4) is 0 Å². The second-order valence-electron chi connectivity index (χ2n) is 11.1. The number of benzene rings is 2. The monoisotopic (exact) mass is 608 g/mol. The maximum Gasteiger partial charge on any atom is 0.264 e. The highest BCUT2D eigenvalue weighted by Gasteiger charge is 2.45. The van der Waals surface area contributed by atoms with Gasteiger partial charge in [0.25, 0.3) is 5.91 Å². The minimum Gasteiger partial charge on any atom is -0.492 e. The molecule has 3 heterocycles. The Morgan fingerprint density at radius 2 is 1.50 bits per heavy atom. The smallest absolute Gasteiger partial charge is 0.264 e. The lowest BCUT2D eigenvalue weighted by Gasteiger charge is -2.40. The molecule has 0 saturated carbocycles. The van der Waals surface area contributed by atoms with Gasteiger partial charge >= 0.3 is 0 Å². The zero-order chi connectivity index (χ0) is 31.7. The van der Waals surface area contributed by atoms with Crippen molar-refractivity contribution >= 4 is 29.5 Å². The molecule has 0 aliphatic carbocycles. The fourth-order valence-electron chi connectivity index (χ4n) is 5.12. The number of fused-ring (bicyclic) bond motifs is 15. The van der Waals surface area contributed by atoms with Gasteiger partial charge in [0.15, 0.2) is 5.60 Å². The average molecular weight is 609 g/mol. The highest BCUT2D eigenvalue weighted by molar-refractivity contribution is 5.95. The third kappa shape index (κ3) is 8.69. The second kappa shape index (κ2) is 14.7. The minimum atomic E-state index is -1.33. The van der Waals surface area contributed by atoms with E-state index in [0.29, 0.717) is 24.6 Å². The van der Waals surface area contributed by atoms with Crippen LogP contribution in [-0.2, 0) is 30.4 Å². The molecule has 1 saturated heterocycles. The van der Waals surface area contributed by atoms with Gasteiger partial charge in [-0.15, -0.1) is 0 Å². The number of piperidine rings is 1. The number of hydrogen-bond acceptors (Lipinski definition) is 8. The molecule has 2 bridgehead atoms. The Labute approximate surface area is 256 Å². The number of nitrogens with two attached hydrogens (primary N) is 1. The van der Waals surface area contributed by atoms with Gasteiger partial charge in [0, 0.05) is 32.4 Å². The zero-order valence-corrected chi connectivity index (χ0v) is 25.0. The maximum atomic E-state index is 13.8. The molecule has 5 amide bonds. The van der Waals surface area contributed by atoms with Crippen molar-refractivity contribution in [3.8, 4) is 11.5 Å². The summed E-state index contributed by atoms with van der Waals surface area (Å²) in [6.45, 7) is 4.27. The molecular weight excluding hydrogens is 568 g/mol. The SMILES string of the molecule is C[C@@H]1NC(=O)[C@H](Cc2ccccc2)NC(=O)[C@H](C)NC(=O)C2(CCN(CC(N)=O)CC2)Oc2ccc(cc2)OCCNC1=O. The number of likely N-dealkylation sites (tertiary alicyclic amines) is 1. The molecule has 2 aromatic rings. The molecule has 3 atom stereocenters. The van der Waals surface area contributed by atoms with Crippen molar-refractivity contribution in [3.63, 3.8) is 0 Å². The Balaban J connectivity index is 1.59. The van der Waals surface area contributed by atoms with Crippen molar-refractivity contribution in [2.24, 2.45) is 5.73 Å². The van der Waals surface area contributed by atoms with Crippen molar-refractivity contribution in [2.75, 3.05) is 32.8 Å². The van der Waals surface area contributed by atoms with E-state index in [2.05, 4.69) is 21.3 Å². The predicted molar refractivity (Wildman–Crippen MR) is 160 cm³/mol. The molecule has 3 aliphatic rings. The van der Waals surface area contributed by atoms with Crippen molar-refractivity contribution in [3.05, 3.63) is 60.2 Å². The van der Waals surface area contributed by atoms with E-state index in [4.69, 9.17) is 15.2 Å². The predicted octanol–water partition coefficient (Wildman–Crippen LogP) is -0.369. The standard InChI is InChI=1S/C31H40N6O7/c1-20-27(39)33-14-17-43-23-8-10-24(11-9-23)44-31(12-15-37(16-13-31)19-26(32)38)30(42)35-21(2)28(40)36-25(29(41)34-20)18-22-6-4-3-5-7-22/h3-11,20-21,25H,12-19H2,1-2H3,(H2,32,38)(H,33,39)(H,34,41)(H,35,42)(H,36,40)/t20-,21-,25-/m0/s1. The third-order valence-corrected chi connectivity index (χ3v) is 7.67. The van der Waals surface area contributed by atoms with Gasteiger partial charge in [-0.2, -0.15) is 0 Å². The van der Waals surface area contributed by atoms with Gasteiger partial charge in [-0.1, -0.05) is 30.3 Å². The van der Waals surface area contributed by atoms with Crippen LogP contribution in [0.1, 0.15) is 32.3 Å². The third-order valence-electron chi connectivity index (χ3n) is 7.67. The summed E-state index contributed by atoms with van der Waals surface area (Å²) in [5, 5.41) is 10.9. The Bertz CT molecular complexity index is 1330. The molecule has 13 heteroatoms. The van der Waals surface area contributed by atoms with E-state index in [0.717, 1.165) is 5.56 Å². The molecule has 44 heavy (non-hydrogen) atoms. The Hall–Kier alpha value is -4.65. The molecule has 0 aromatic heterocycles. The summed E-state index contributed by atoms with van der Waals surface area (Å²) in [5.74, 6) is -1.54. The number of nitrogens with zero attached hydrogens (tertiary/aromatic N) is 1. The van der Waals surface area contributed by atoms with E-state index >= 15 is 0 Å². The van der Waals surface area contributed by atoms with Crippen LogP contribution in [0.5, 0.6) is 11.5 Å². The van der Waals surface area contributed by atoms with E-state index < -0.39 is 53.3 Å². The van der Waals surface area contributed by atoms with Crippen LogP contribution in [0, 0.1) is 0 Å². The minimum absolute atomic E-state index is 0.0620. The van der Waals surface area contributed by atoms with Crippen LogP contribution < -0.4 is 36.5 Å².